The fourth-order valence-electron chi connectivity index (χ4n) is 3.15. The molecule has 1 fully saturated rings. The fraction of sp³-hybridized carbons (Fsp3) is 0.300. The van der Waals surface area contributed by atoms with Gasteiger partial charge in [0.25, 0.3) is 0 Å². The van der Waals surface area contributed by atoms with Crippen LogP contribution in [0.2, 0.25) is 5.02 Å². The predicted molar refractivity (Wildman–Crippen MR) is 105 cm³/mol. The number of nitrogens with zero attached hydrogens (tertiary/aromatic N) is 1. The fourth-order valence-corrected chi connectivity index (χ4v) is 4.92. The molecule has 1 saturated heterocycles. The molecule has 0 aromatic heterocycles. The highest BCUT2D eigenvalue weighted by Crippen LogP contribution is 2.28. The number of hydrogen-bond donors (Lipinski definition) is 0. The van der Waals surface area contributed by atoms with Gasteiger partial charge >= 0.3 is 5.97 Å². The van der Waals surface area contributed by atoms with E-state index in [4.69, 9.17) is 16.3 Å². The van der Waals surface area contributed by atoms with Crippen LogP contribution in [0.1, 0.15) is 30.1 Å². The molecule has 2 aromatic rings. The van der Waals surface area contributed by atoms with E-state index < -0.39 is 28.1 Å². The maximum Gasteiger partial charge on any atom is 0.325 e. The van der Waals surface area contributed by atoms with Crippen molar-refractivity contribution in [1.29, 1.82) is 0 Å². The Labute approximate surface area is 169 Å². The molecule has 3 rings (SSSR count). The molecule has 0 amide bonds. The number of rotatable bonds is 6. The molecule has 1 aliphatic rings. The summed E-state index contributed by atoms with van der Waals surface area (Å²) < 4.78 is 32.3. The molecule has 1 heterocycles. The Kier molecular flexibility index (Phi) is 6.17. The van der Waals surface area contributed by atoms with Crippen molar-refractivity contribution in [3.8, 4) is 0 Å². The molecule has 6 nitrogen and oxygen atoms in total. The first-order valence-electron chi connectivity index (χ1n) is 8.88. The van der Waals surface area contributed by atoms with Gasteiger partial charge in [0.2, 0.25) is 15.8 Å². The zero-order valence-electron chi connectivity index (χ0n) is 15.2. The van der Waals surface area contributed by atoms with Gasteiger partial charge in [-0.3, -0.25) is 9.59 Å². The van der Waals surface area contributed by atoms with Crippen molar-refractivity contribution in [2.24, 2.45) is 0 Å². The van der Waals surface area contributed by atoms with E-state index in [1.807, 2.05) is 0 Å². The highest BCUT2D eigenvalue weighted by atomic mass is 35.5. The van der Waals surface area contributed by atoms with E-state index in [-0.39, 0.29) is 17.2 Å². The Hall–Kier alpha value is -2.22. The first-order chi connectivity index (χ1) is 13.3. The zero-order chi connectivity index (χ0) is 20.3. The number of benzene rings is 2. The van der Waals surface area contributed by atoms with E-state index >= 15 is 0 Å². The number of carbonyl (C=O) groups is 2. The van der Waals surface area contributed by atoms with Gasteiger partial charge in [-0.1, -0.05) is 41.9 Å². The van der Waals surface area contributed by atoms with Crippen LogP contribution >= 0.6 is 11.6 Å². The first-order valence-corrected chi connectivity index (χ1v) is 10.7. The Bertz CT molecular complexity index is 960. The van der Waals surface area contributed by atoms with Crippen molar-refractivity contribution in [2.75, 3.05) is 6.54 Å². The van der Waals surface area contributed by atoms with Crippen molar-refractivity contribution >= 4 is 33.4 Å². The summed E-state index contributed by atoms with van der Waals surface area (Å²) in [6.45, 7) is 1.70. The SMILES string of the molecule is C[C@@H](OC(=O)[C@H]1CCCN1S(=O)(=O)c1ccc(Cl)cc1)C(=O)c1ccccc1. The van der Waals surface area contributed by atoms with E-state index in [1.165, 1.54) is 31.2 Å². The summed E-state index contributed by atoms with van der Waals surface area (Å²) in [7, 11) is -3.87. The first kappa shape index (κ1) is 20.5. The van der Waals surface area contributed by atoms with Crippen molar-refractivity contribution in [1.82, 2.24) is 4.31 Å². The number of Topliss-reactive ketones (excluding diaryl/α,β-unsaturated/α-hetero) is 1. The van der Waals surface area contributed by atoms with Gasteiger partial charge in [-0.25, -0.2) is 8.42 Å². The second-order valence-electron chi connectivity index (χ2n) is 6.54. The lowest BCUT2D eigenvalue weighted by Gasteiger charge is -2.24. The highest BCUT2D eigenvalue weighted by Gasteiger charge is 2.41. The summed E-state index contributed by atoms with van der Waals surface area (Å²) in [5.41, 5.74) is 0.430. The van der Waals surface area contributed by atoms with Crippen LogP contribution in [0.25, 0.3) is 0 Å². The third-order valence-corrected chi connectivity index (χ3v) is 6.79. The maximum absolute atomic E-state index is 12.9. The normalized spacial score (nSPS) is 18.6. The van der Waals surface area contributed by atoms with Gasteiger partial charge in [-0.2, -0.15) is 4.31 Å². The number of ether oxygens (including phenoxy) is 1. The Morgan fingerprint density at radius 2 is 1.75 bits per heavy atom. The molecule has 2 aromatic carbocycles. The average molecular weight is 422 g/mol. The van der Waals surface area contributed by atoms with Gasteiger partial charge in [0.15, 0.2) is 6.10 Å². The zero-order valence-corrected chi connectivity index (χ0v) is 16.8. The number of sulfonamides is 1. The van der Waals surface area contributed by atoms with E-state index in [1.54, 1.807) is 30.3 Å². The number of esters is 1. The van der Waals surface area contributed by atoms with Crippen LogP contribution in [-0.4, -0.2) is 43.2 Å². The second-order valence-corrected chi connectivity index (χ2v) is 8.86. The minimum Gasteiger partial charge on any atom is -0.453 e. The molecule has 0 bridgehead atoms. The Morgan fingerprint density at radius 1 is 1.11 bits per heavy atom. The lowest BCUT2D eigenvalue weighted by molar-refractivity contribution is -0.150. The standard InChI is InChI=1S/C20H20ClNO5S/c1-14(19(23)15-6-3-2-4-7-15)27-20(24)18-8-5-13-22(18)28(25,26)17-11-9-16(21)10-12-17/h2-4,6-7,9-12,14,18H,5,8,13H2,1H3/t14-,18-/m1/s1. The van der Waals surface area contributed by atoms with Crippen LogP contribution < -0.4 is 0 Å². The van der Waals surface area contributed by atoms with Crippen LogP contribution in [-0.2, 0) is 19.6 Å². The van der Waals surface area contributed by atoms with Gasteiger partial charge in [0, 0.05) is 17.1 Å². The average Bonchev–Trinajstić information content (AvgIpc) is 3.19. The van der Waals surface area contributed by atoms with Crippen molar-refractivity contribution in [3.63, 3.8) is 0 Å². The number of hydrogen-bond acceptors (Lipinski definition) is 5. The summed E-state index contributed by atoms with van der Waals surface area (Å²) in [6.07, 6.45) is -0.124. The third kappa shape index (κ3) is 4.27. The predicted octanol–water partition coefficient (Wildman–Crippen LogP) is 3.31. The molecule has 2 atom stereocenters. The molecule has 0 saturated carbocycles. The van der Waals surface area contributed by atoms with E-state index in [0.29, 0.717) is 23.4 Å². The van der Waals surface area contributed by atoms with Gasteiger partial charge < -0.3 is 4.74 Å². The van der Waals surface area contributed by atoms with Gasteiger partial charge in [-0.05, 0) is 44.0 Å². The lowest BCUT2D eigenvalue weighted by Crippen LogP contribution is -2.43. The quantitative estimate of drug-likeness (QED) is 0.528. The van der Waals surface area contributed by atoms with Gasteiger partial charge in [-0.15, -0.1) is 0 Å². The minimum absolute atomic E-state index is 0.0602. The van der Waals surface area contributed by atoms with E-state index in [9.17, 15) is 18.0 Å². The molecule has 0 aliphatic carbocycles. The number of halogens is 1. The second kappa shape index (κ2) is 8.43. The smallest absolute Gasteiger partial charge is 0.325 e. The molecule has 1 aliphatic heterocycles. The monoisotopic (exact) mass is 421 g/mol. The van der Waals surface area contributed by atoms with E-state index in [2.05, 4.69) is 0 Å². The minimum atomic E-state index is -3.87. The molecule has 0 N–H and O–H groups in total. The highest BCUT2D eigenvalue weighted by molar-refractivity contribution is 7.89. The Morgan fingerprint density at radius 3 is 2.39 bits per heavy atom. The summed E-state index contributed by atoms with van der Waals surface area (Å²) >= 11 is 5.82. The topological polar surface area (TPSA) is 80.8 Å². The molecule has 28 heavy (non-hydrogen) atoms. The van der Waals surface area contributed by atoms with Crippen LogP contribution in [0.15, 0.2) is 59.5 Å². The molecular weight excluding hydrogens is 402 g/mol. The molecule has 0 unspecified atom stereocenters. The van der Waals surface area contributed by atoms with Crippen molar-refractivity contribution in [2.45, 2.75) is 36.8 Å². The molecule has 0 radical (unpaired) electrons. The van der Waals surface area contributed by atoms with E-state index in [0.717, 1.165) is 4.31 Å². The van der Waals surface area contributed by atoms with Crippen LogP contribution in [0.5, 0.6) is 0 Å². The molecule has 148 valence electrons. The van der Waals surface area contributed by atoms with Crippen LogP contribution in [0.3, 0.4) is 0 Å². The number of carbonyl (C=O) groups excluding carboxylic acids is 2. The van der Waals surface area contributed by atoms with Gasteiger partial charge in [0.1, 0.15) is 6.04 Å². The maximum atomic E-state index is 12.9. The number of ketones is 1. The summed E-state index contributed by atoms with van der Waals surface area (Å²) in [5, 5.41) is 0.421. The Balaban J connectivity index is 1.74. The molecular formula is C20H20ClNO5S. The lowest BCUT2D eigenvalue weighted by atomic mass is 10.1. The molecule has 0 spiro atoms. The summed E-state index contributed by atoms with van der Waals surface area (Å²) in [4.78, 5) is 25.1. The summed E-state index contributed by atoms with van der Waals surface area (Å²) in [5.74, 6) is -1.05. The van der Waals surface area contributed by atoms with Crippen LogP contribution in [0, 0.1) is 0 Å². The third-order valence-electron chi connectivity index (χ3n) is 4.62. The van der Waals surface area contributed by atoms with Crippen LogP contribution in [0.4, 0.5) is 0 Å². The van der Waals surface area contributed by atoms with Gasteiger partial charge in [0.05, 0.1) is 4.90 Å². The van der Waals surface area contributed by atoms with Crippen molar-refractivity contribution in [3.05, 3.63) is 65.2 Å². The van der Waals surface area contributed by atoms with Crippen molar-refractivity contribution < 1.29 is 22.7 Å². The molecule has 8 heteroatoms. The summed E-state index contributed by atoms with van der Waals surface area (Å²) in [6, 6.07) is 13.3. The largest absolute Gasteiger partial charge is 0.453 e.